The molecule has 140 valence electrons. The van der Waals surface area contributed by atoms with Crippen LogP contribution in [0, 0.1) is 0 Å². The molecule has 3 aromatic rings. The molecule has 1 atom stereocenters. The van der Waals surface area contributed by atoms with E-state index in [4.69, 9.17) is 4.74 Å². The van der Waals surface area contributed by atoms with Crippen LogP contribution in [0.3, 0.4) is 0 Å². The van der Waals surface area contributed by atoms with Crippen molar-refractivity contribution in [2.45, 2.75) is 13.0 Å². The summed E-state index contributed by atoms with van der Waals surface area (Å²) in [5.41, 5.74) is 5.71. The monoisotopic (exact) mass is 378 g/mol. The molecule has 0 N–H and O–H groups in total. The molecule has 2 aliphatic rings. The number of fused-ring (bicyclic) bond motifs is 3. The van der Waals surface area contributed by atoms with E-state index in [1.54, 1.807) is 6.07 Å². The SMILES string of the molecule is C[C@@H]1OC(=O)c2ccccc2C2=C(c3ccccc3)C(=O)C(c3ccccc3)=C21. The Kier molecular flexibility index (Phi) is 4.02. The number of allylic oxidation sites excluding steroid dienone is 2. The molecular weight excluding hydrogens is 360 g/mol. The third-order valence-corrected chi connectivity index (χ3v) is 5.47. The van der Waals surface area contributed by atoms with Crippen LogP contribution >= 0.6 is 0 Å². The van der Waals surface area contributed by atoms with E-state index in [2.05, 4.69) is 0 Å². The van der Waals surface area contributed by atoms with E-state index < -0.39 is 6.10 Å². The largest absolute Gasteiger partial charge is 0.454 e. The fourth-order valence-electron chi connectivity index (χ4n) is 4.24. The molecule has 0 amide bonds. The highest BCUT2D eigenvalue weighted by Gasteiger charge is 2.41. The van der Waals surface area contributed by atoms with Crippen molar-refractivity contribution in [1.82, 2.24) is 0 Å². The van der Waals surface area contributed by atoms with Gasteiger partial charge in [0.15, 0.2) is 5.78 Å². The van der Waals surface area contributed by atoms with Crippen LogP contribution in [0.4, 0.5) is 0 Å². The summed E-state index contributed by atoms with van der Waals surface area (Å²) < 4.78 is 5.75. The second kappa shape index (κ2) is 6.71. The van der Waals surface area contributed by atoms with E-state index >= 15 is 0 Å². The zero-order chi connectivity index (χ0) is 20.0. The summed E-state index contributed by atoms with van der Waals surface area (Å²) in [7, 11) is 0. The number of Topliss-reactive ketones (excluding diaryl/α,β-unsaturated/α-hetero) is 1. The molecule has 1 heterocycles. The number of ketones is 1. The predicted octanol–water partition coefficient (Wildman–Crippen LogP) is 5.19. The number of rotatable bonds is 2. The Hall–Kier alpha value is -3.72. The molecule has 0 saturated heterocycles. The third kappa shape index (κ3) is 2.66. The molecule has 3 nitrogen and oxygen atoms in total. The van der Waals surface area contributed by atoms with Crippen molar-refractivity contribution in [2.75, 3.05) is 0 Å². The minimum absolute atomic E-state index is 0.0352. The first-order valence-electron chi connectivity index (χ1n) is 9.61. The van der Waals surface area contributed by atoms with E-state index in [1.165, 1.54) is 0 Å². The molecule has 0 unspecified atom stereocenters. The van der Waals surface area contributed by atoms with E-state index in [0.29, 0.717) is 16.7 Å². The van der Waals surface area contributed by atoms with Gasteiger partial charge in [-0.25, -0.2) is 4.79 Å². The summed E-state index contributed by atoms with van der Waals surface area (Å²) in [6, 6.07) is 26.6. The van der Waals surface area contributed by atoms with E-state index in [0.717, 1.165) is 27.8 Å². The van der Waals surface area contributed by atoms with Gasteiger partial charge in [0, 0.05) is 22.3 Å². The van der Waals surface area contributed by atoms with Crippen LogP contribution in [0.15, 0.2) is 90.5 Å². The molecule has 0 radical (unpaired) electrons. The molecule has 3 aromatic carbocycles. The lowest BCUT2D eigenvalue weighted by molar-refractivity contribution is -0.108. The van der Waals surface area contributed by atoms with Crippen molar-refractivity contribution in [1.29, 1.82) is 0 Å². The van der Waals surface area contributed by atoms with Crippen LogP contribution in [-0.2, 0) is 9.53 Å². The van der Waals surface area contributed by atoms with Gasteiger partial charge < -0.3 is 4.74 Å². The summed E-state index contributed by atoms with van der Waals surface area (Å²) in [4.78, 5) is 26.5. The van der Waals surface area contributed by atoms with Crippen LogP contribution in [0.5, 0.6) is 0 Å². The lowest BCUT2D eigenvalue weighted by Gasteiger charge is -2.15. The van der Waals surface area contributed by atoms with Gasteiger partial charge in [-0.1, -0.05) is 78.9 Å². The molecular formula is C26H18O3. The molecule has 0 fully saturated rings. The smallest absolute Gasteiger partial charge is 0.339 e. The van der Waals surface area contributed by atoms with Crippen molar-refractivity contribution in [3.63, 3.8) is 0 Å². The quantitative estimate of drug-likeness (QED) is 0.576. The zero-order valence-corrected chi connectivity index (χ0v) is 15.9. The first-order valence-corrected chi connectivity index (χ1v) is 9.61. The normalized spacial score (nSPS) is 18.3. The van der Waals surface area contributed by atoms with Gasteiger partial charge in [0.25, 0.3) is 0 Å². The number of benzene rings is 3. The molecule has 0 bridgehead atoms. The number of carbonyl (C=O) groups is 2. The first-order chi connectivity index (χ1) is 14.2. The number of hydrogen-bond acceptors (Lipinski definition) is 3. The van der Waals surface area contributed by atoms with Crippen molar-refractivity contribution in [2.24, 2.45) is 0 Å². The maximum absolute atomic E-state index is 13.8. The van der Waals surface area contributed by atoms with Crippen LogP contribution in [0.1, 0.15) is 34.0 Å². The molecule has 1 aliphatic carbocycles. The highest BCUT2D eigenvalue weighted by molar-refractivity contribution is 6.52. The lowest BCUT2D eigenvalue weighted by Crippen LogP contribution is -2.15. The highest BCUT2D eigenvalue weighted by atomic mass is 16.5. The van der Waals surface area contributed by atoms with Crippen LogP contribution in [-0.4, -0.2) is 17.9 Å². The summed E-state index contributed by atoms with van der Waals surface area (Å²) in [5.74, 6) is -0.401. The van der Waals surface area contributed by atoms with Crippen LogP contribution < -0.4 is 0 Å². The average molecular weight is 378 g/mol. The Balaban J connectivity index is 1.89. The van der Waals surface area contributed by atoms with E-state index in [9.17, 15) is 9.59 Å². The molecule has 0 spiro atoms. The standard InChI is InChI=1S/C26H18O3/c1-16-21-22(17-10-4-2-5-11-17)25(27)23(18-12-6-3-7-13-18)24(21)19-14-8-9-15-20(19)26(28)29-16/h2-16H,1H3/t16-/m0/s1. The van der Waals surface area contributed by atoms with Crippen LogP contribution in [0.2, 0.25) is 0 Å². The van der Waals surface area contributed by atoms with Crippen molar-refractivity contribution >= 4 is 28.5 Å². The van der Waals surface area contributed by atoms with Crippen molar-refractivity contribution in [3.8, 4) is 0 Å². The number of esters is 1. The Morgan fingerprint density at radius 3 is 1.76 bits per heavy atom. The Labute approximate surface area is 169 Å². The summed E-state index contributed by atoms with van der Waals surface area (Å²) in [6.45, 7) is 1.84. The van der Waals surface area contributed by atoms with E-state index in [-0.39, 0.29) is 11.8 Å². The topological polar surface area (TPSA) is 43.4 Å². The second-order valence-electron chi connectivity index (χ2n) is 7.19. The molecule has 1 aliphatic heterocycles. The summed E-state index contributed by atoms with van der Waals surface area (Å²) >= 11 is 0. The van der Waals surface area contributed by atoms with Gasteiger partial charge in [0.1, 0.15) is 6.10 Å². The van der Waals surface area contributed by atoms with Gasteiger partial charge in [-0.15, -0.1) is 0 Å². The Morgan fingerprint density at radius 2 is 1.14 bits per heavy atom. The van der Waals surface area contributed by atoms with Crippen molar-refractivity contribution in [3.05, 3.63) is 113 Å². The number of hydrogen-bond donors (Lipinski definition) is 0. The zero-order valence-electron chi connectivity index (χ0n) is 15.9. The maximum Gasteiger partial charge on any atom is 0.339 e. The summed E-state index contributed by atoms with van der Waals surface area (Å²) in [6.07, 6.45) is -0.537. The van der Waals surface area contributed by atoms with Gasteiger partial charge in [-0.05, 0) is 29.7 Å². The average Bonchev–Trinajstić information content (AvgIpc) is 3.02. The summed E-state index contributed by atoms with van der Waals surface area (Å²) in [5, 5.41) is 0. The number of ether oxygens (including phenoxy) is 1. The highest BCUT2D eigenvalue weighted by Crippen LogP contribution is 2.49. The minimum Gasteiger partial charge on any atom is -0.454 e. The molecule has 0 aromatic heterocycles. The molecule has 0 saturated carbocycles. The van der Waals surface area contributed by atoms with Crippen molar-refractivity contribution < 1.29 is 14.3 Å². The predicted molar refractivity (Wildman–Crippen MR) is 113 cm³/mol. The van der Waals surface area contributed by atoms with Gasteiger partial charge >= 0.3 is 5.97 Å². The number of cyclic esters (lactones) is 1. The molecule has 3 heteroatoms. The second-order valence-corrected chi connectivity index (χ2v) is 7.19. The maximum atomic E-state index is 13.8. The number of carbonyl (C=O) groups excluding carboxylic acids is 2. The van der Waals surface area contributed by atoms with Gasteiger partial charge in [0.2, 0.25) is 0 Å². The van der Waals surface area contributed by atoms with Crippen LogP contribution in [0.25, 0.3) is 16.7 Å². The molecule has 5 rings (SSSR count). The fourth-order valence-corrected chi connectivity index (χ4v) is 4.24. The Morgan fingerprint density at radius 1 is 0.621 bits per heavy atom. The Bertz CT molecular complexity index is 1200. The lowest BCUT2D eigenvalue weighted by atomic mass is 9.89. The first kappa shape index (κ1) is 17.4. The van der Waals surface area contributed by atoms with Gasteiger partial charge in [-0.2, -0.15) is 0 Å². The fraction of sp³-hybridized carbons (Fsp3) is 0.0769. The van der Waals surface area contributed by atoms with E-state index in [1.807, 2.05) is 85.8 Å². The molecule has 29 heavy (non-hydrogen) atoms. The third-order valence-electron chi connectivity index (χ3n) is 5.47. The van der Waals surface area contributed by atoms with Gasteiger partial charge in [0.05, 0.1) is 5.56 Å². The minimum atomic E-state index is -0.537. The van der Waals surface area contributed by atoms with Gasteiger partial charge in [-0.3, -0.25) is 4.79 Å².